The number of pyridine rings is 1. The van der Waals surface area contributed by atoms with Crippen LogP contribution in [0.1, 0.15) is 5.56 Å². The summed E-state index contributed by atoms with van der Waals surface area (Å²) in [6, 6.07) is 17.0. The monoisotopic (exact) mass is 377 g/mol. The highest BCUT2D eigenvalue weighted by Gasteiger charge is 2.15. The lowest BCUT2D eigenvalue weighted by Crippen LogP contribution is -1.98. The Hall–Kier alpha value is -3.38. The lowest BCUT2D eigenvalue weighted by atomic mass is 10.2. The van der Waals surface area contributed by atoms with Gasteiger partial charge in [0.15, 0.2) is 11.6 Å². The van der Waals surface area contributed by atoms with E-state index in [0.717, 1.165) is 16.7 Å². The van der Waals surface area contributed by atoms with Crippen molar-refractivity contribution in [2.45, 2.75) is 0 Å². The maximum absolute atomic E-state index is 13.1. The van der Waals surface area contributed by atoms with Gasteiger partial charge in [-0.2, -0.15) is 9.78 Å². The maximum Gasteiger partial charge on any atom is 0.185 e. The molecule has 2 aromatic heterocycles. The fraction of sp³-hybridized carbons (Fsp3) is 0. The van der Waals surface area contributed by atoms with E-state index in [-0.39, 0.29) is 5.82 Å². The molecule has 5 nitrogen and oxygen atoms in total. The zero-order chi connectivity index (χ0) is 18.6. The summed E-state index contributed by atoms with van der Waals surface area (Å²) in [6.07, 6.45) is 4.99. The van der Waals surface area contributed by atoms with Gasteiger partial charge in [0.1, 0.15) is 5.82 Å². The first-order valence-corrected chi connectivity index (χ1v) is 8.50. The minimum atomic E-state index is -0.296. The van der Waals surface area contributed by atoms with Gasteiger partial charge in [-0.25, -0.2) is 4.39 Å². The van der Waals surface area contributed by atoms with Crippen LogP contribution < -0.4 is 0 Å². The summed E-state index contributed by atoms with van der Waals surface area (Å²) in [7, 11) is 0. The van der Waals surface area contributed by atoms with Crippen LogP contribution in [0, 0.1) is 5.82 Å². The first-order chi connectivity index (χ1) is 13.2. The van der Waals surface area contributed by atoms with Crippen LogP contribution in [0.5, 0.6) is 0 Å². The Morgan fingerprint density at radius 2 is 1.41 bits per heavy atom. The van der Waals surface area contributed by atoms with E-state index < -0.39 is 0 Å². The first-order valence-electron chi connectivity index (χ1n) is 8.12. The minimum Gasteiger partial charge on any atom is -0.265 e. The summed E-state index contributed by atoms with van der Waals surface area (Å²) in [6.45, 7) is 0. The van der Waals surface area contributed by atoms with Gasteiger partial charge in [-0.15, -0.1) is 10.2 Å². The SMILES string of the molecule is Fc1ccc(/C=N/n2c(-c3ccncc3)nnc2-c2ccc(Cl)cc2)cc1. The smallest absolute Gasteiger partial charge is 0.185 e. The second-order valence-electron chi connectivity index (χ2n) is 5.70. The number of nitrogens with zero attached hydrogens (tertiary/aromatic N) is 5. The number of halogens is 2. The van der Waals surface area contributed by atoms with Crippen molar-refractivity contribution in [3.8, 4) is 22.8 Å². The molecule has 0 aliphatic heterocycles. The van der Waals surface area contributed by atoms with Crippen LogP contribution in [0.15, 0.2) is 78.2 Å². The molecule has 0 saturated heterocycles. The Balaban J connectivity index is 1.81. The fourth-order valence-electron chi connectivity index (χ4n) is 2.52. The summed E-state index contributed by atoms with van der Waals surface area (Å²) in [5.74, 6) is 0.841. The summed E-state index contributed by atoms with van der Waals surface area (Å²) < 4.78 is 14.8. The topological polar surface area (TPSA) is 56.0 Å². The molecule has 2 aromatic carbocycles. The normalized spacial score (nSPS) is 11.2. The molecule has 132 valence electrons. The van der Waals surface area contributed by atoms with Crippen molar-refractivity contribution in [3.05, 3.63) is 89.5 Å². The van der Waals surface area contributed by atoms with Gasteiger partial charge in [-0.3, -0.25) is 4.98 Å². The van der Waals surface area contributed by atoms with Gasteiger partial charge in [-0.1, -0.05) is 23.7 Å². The van der Waals surface area contributed by atoms with E-state index in [4.69, 9.17) is 11.6 Å². The second kappa shape index (κ2) is 7.47. The molecule has 4 aromatic rings. The molecular weight excluding hydrogens is 365 g/mol. The largest absolute Gasteiger partial charge is 0.265 e. The summed E-state index contributed by atoms with van der Waals surface area (Å²) >= 11 is 5.98. The van der Waals surface area contributed by atoms with Gasteiger partial charge in [0.05, 0.1) is 6.21 Å². The predicted octanol–water partition coefficient (Wildman–Crippen LogP) is 4.68. The van der Waals surface area contributed by atoms with Crippen LogP contribution in [0.25, 0.3) is 22.8 Å². The molecule has 0 unspecified atom stereocenters. The van der Waals surface area contributed by atoms with Gasteiger partial charge in [-0.05, 0) is 54.1 Å². The molecule has 7 heteroatoms. The molecule has 0 bridgehead atoms. The van der Waals surface area contributed by atoms with Crippen molar-refractivity contribution in [2.24, 2.45) is 5.10 Å². The zero-order valence-corrected chi connectivity index (χ0v) is 14.8. The third-order valence-electron chi connectivity index (χ3n) is 3.87. The molecule has 27 heavy (non-hydrogen) atoms. The average Bonchev–Trinajstić information content (AvgIpc) is 3.13. The van der Waals surface area contributed by atoms with Crippen LogP contribution in [0.3, 0.4) is 0 Å². The third-order valence-corrected chi connectivity index (χ3v) is 4.13. The molecule has 0 radical (unpaired) electrons. The van der Waals surface area contributed by atoms with Crippen LogP contribution in [-0.2, 0) is 0 Å². The van der Waals surface area contributed by atoms with Crippen LogP contribution in [-0.4, -0.2) is 26.1 Å². The molecular formula is C20H13ClFN5. The van der Waals surface area contributed by atoms with Crippen LogP contribution in [0.2, 0.25) is 5.02 Å². The van der Waals surface area contributed by atoms with E-state index in [9.17, 15) is 4.39 Å². The van der Waals surface area contributed by atoms with Crippen molar-refractivity contribution in [3.63, 3.8) is 0 Å². The van der Waals surface area contributed by atoms with E-state index in [1.54, 1.807) is 47.5 Å². The van der Waals surface area contributed by atoms with Crippen molar-refractivity contribution in [1.82, 2.24) is 19.9 Å². The third kappa shape index (κ3) is 3.75. The lowest BCUT2D eigenvalue weighted by molar-refractivity contribution is 0.628. The van der Waals surface area contributed by atoms with Crippen molar-refractivity contribution in [2.75, 3.05) is 0 Å². The maximum atomic E-state index is 13.1. The summed E-state index contributed by atoms with van der Waals surface area (Å²) in [4.78, 5) is 4.03. The highest BCUT2D eigenvalue weighted by molar-refractivity contribution is 6.30. The fourth-order valence-corrected chi connectivity index (χ4v) is 2.65. The van der Waals surface area contributed by atoms with Gasteiger partial charge in [0.25, 0.3) is 0 Å². The number of rotatable bonds is 4. The zero-order valence-electron chi connectivity index (χ0n) is 14.0. The minimum absolute atomic E-state index is 0.296. The standard InChI is InChI=1S/C20H13ClFN5/c21-17-5-3-15(4-6-17)19-25-26-20(16-9-11-23-12-10-16)27(19)24-13-14-1-7-18(22)8-2-14/h1-13H/b24-13+. The number of hydrogen-bond donors (Lipinski definition) is 0. The van der Waals surface area contributed by atoms with E-state index in [2.05, 4.69) is 20.3 Å². The van der Waals surface area contributed by atoms with E-state index in [0.29, 0.717) is 16.7 Å². The molecule has 0 saturated carbocycles. The highest BCUT2D eigenvalue weighted by Crippen LogP contribution is 2.25. The van der Waals surface area contributed by atoms with Gasteiger partial charge < -0.3 is 0 Å². The molecule has 0 fully saturated rings. The van der Waals surface area contributed by atoms with E-state index in [1.165, 1.54) is 12.1 Å². The second-order valence-corrected chi connectivity index (χ2v) is 6.13. The molecule has 0 atom stereocenters. The van der Waals surface area contributed by atoms with Crippen molar-refractivity contribution >= 4 is 17.8 Å². The lowest BCUT2D eigenvalue weighted by Gasteiger charge is -2.05. The molecule has 0 amide bonds. The summed E-state index contributed by atoms with van der Waals surface area (Å²) in [5, 5.41) is 13.7. The quantitative estimate of drug-likeness (QED) is 0.485. The number of benzene rings is 2. The molecule has 4 rings (SSSR count). The Kier molecular flexibility index (Phi) is 4.72. The van der Waals surface area contributed by atoms with Crippen molar-refractivity contribution < 1.29 is 4.39 Å². The van der Waals surface area contributed by atoms with Crippen molar-refractivity contribution in [1.29, 1.82) is 0 Å². The Labute approximate surface area is 159 Å². The van der Waals surface area contributed by atoms with Gasteiger partial charge in [0, 0.05) is 28.5 Å². The van der Waals surface area contributed by atoms with Crippen LogP contribution >= 0.6 is 11.6 Å². The predicted molar refractivity (Wildman–Crippen MR) is 103 cm³/mol. The molecule has 0 aliphatic carbocycles. The Bertz CT molecular complexity index is 1070. The van der Waals surface area contributed by atoms with Gasteiger partial charge in [0.2, 0.25) is 0 Å². The Morgan fingerprint density at radius 1 is 0.815 bits per heavy atom. The highest BCUT2D eigenvalue weighted by atomic mass is 35.5. The molecule has 0 N–H and O–H groups in total. The van der Waals surface area contributed by atoms with E-state index >= 15 is 0 Å². The Morgan fingerprint density at radius 3 is 2.04 bits per heavy atom. The average molecular weight is 378 g/mol. The molecule has 0 spiro atoms. The number of aromatic nitrogens is 4. The van der Waals surface area contributed by atoms with Crippen LogP contribution in [0.4, 0.5) is 4.39 Å². The van der Waals surface area contributed by atoms with Gasteiger partial charge >= 0.3 is 0 Å². The molecule has 2 heterocycles. The summed E-state index contributed by atoms with van der Waals surface area (Å²) in [5.41, 5.74) is 2.41. The number of hydrogen-bond acceptors (Lipinski definition) is 4. The molecule has 0 aliphatic rings. The first kappa shape index (κ1) is 17.1. The van der Waals surface area contributed by atoms with E-state index in [1.807, 2.05) is 24.3 Å².